The van der Waals surface area contributed by atoms with Crippen molar-refractivity contribution < 1.29 is 36.1 Å². The quantitative estimate of drug-likeness (QED) is 0.245. The zero-order valence-corrected chi connectivity index (χ0v) is 19.8. The minimum Gasteiger partial charge on any atom is -1.00 e. The number of carbonyl (C=O) groups excluding carboxylic acids is 1. The van der Waals surface area contributed by atoms with Crippen molar-refractivity contribution in [2.45, 2.75) is 39.3 Å². The average molecular weight is 464 g/mol. The number of fused-ring (bicyclic) bond motifs is 1. The van der Waals surface area contributed by atoms with Crippen molar-refractivity contribution in [2.75, 3.05) is 33.2 Å². The van der Waals surface area contributed by atoms with Gasteiger partial charge >= 0.3 is 11.6 Å². The summed E-state index contributed by atoms with van der Waals surface area (Å²) >= 11 is 0. The number of carbonyl (C=O) groups is 1. The van der Waals surface area contributed by atoms with Crippen LogP contribution in [0.2, 0.25) is 0 Å². The van der Waals surface area contributed by atoms with Gasteiger partial charge in [0.25, 0.3) is 5.88 Å². The Bertz CT molecular complexity index is 1080. The van der Waals surface area contributed by atoms with Crippen molar-refractivity contribution in [3.05, 3.63) is 47.0 Å². The van der Waals surface area contributed by atoms with Gasteiger partial charge in [-0.15, -0.1) is 4.68 Å². The summed E-state index contributed by atoms with van der Waals surface area (Å²) in [5.41, 5.74) is 9.15. The fourth-order valence-electron chi connectivity index (χ4n) is 3.17. The lowest BCUT2D eigenvalue weighted by Gasteiger charge is -2.21. The summed E-state index contributed by atoms with van der Waals surface area (Å²) in [4.78, 5) is 13.1. The minimum atomic E-state index is -0.0966. The van der Waals surface area contributed by atoms with Gasteiger partial charge in [-0.1, -0.05) is 31.4 Å². The Hall–Kier alpha value is -2.75. The second-order valence-electron chi connectivity index (χ2n) is 8.32. The monoisotopic (exact) mass is 463 g/mol. The predicted octanol–water partition coefficient (Wildman–Crippen LogP) is -1.04. The molecule has 1 aromatic carbocycles. The molecule has 174 valence electrons. The van der Waals surface area contributed by atoms with Crippen molar-refractivity contribution in [1.29, 1.82) is 0 Å². The highest BCUT2D eigenvalue weighted by Crippen LogP contribution is 2.25. The first kappa shape index (κ1) is 25.5. The molecule has 0 saturated heterocycles. The van der Waals surface area contributed by atoms with Crippen LogP contribution in [0.1, 0.15) is 42.3 Å². The Labute approximate surface area is 193 Å². The average Bonchev–Trinajstić information content (AvgIpc) is 3.02. The van der Waals surface area contributed by atoms with E-state index in [1.54, 1.807) is 31.0 Å². The first-order valence-electron chi connectivity index (χ1n) is 10.1. The van der Waals surface area contributed by atoms with Gasteiger partial charge in [-0.05, 0) is 38.9 Å². The molecule has 2 aromatic heterocycles. The molecule has 9 nitrogen and oxygen atoms in total. The number of halogens is 1. The van der Waals surface area contributed by atoms with Crippen LogP contribution < -0.4 is 27.6 Å². The molecule has 3 aromatic rings. The van der Waals surface area contributed by atoms with Gasteiger partial charge < -0.3 is 32.4 Å². The predicted molar refractivity (Wildman–Crippen MR) is 115 cm³/mol. The highest BCUT2D eigenvalue weighted by Gasteiger charge is 2.24. The number of nitrogen functional groups attached to an aromatic ring is 1. The van der Waals surface area contributed by atoms with E-state index in [9.17, 15) is 4.79 Å². The third-order valence-corrected chi connectivity index (χ3v) is 4.82. The smallest absolute Gasteiger partial charge is 0.355 e. The molecule has 2 N–H and O–H groups in total. The SMILES string of the molecule is COCCOc1ccc2n(n1)c(N)n[n+]2CC(=O)c1cc(COC)cc(C(C)(C)C)c1.[Cl-]. The summed E-state index contributed by atoms with van der Waals surface area (Å²) in [6.45, 7) is 7.64. The molecule has 0 fully saturated rings. The molecule has 0 radical (unpaired) electrons. The van der Waals surface area contributed by atoms with Crippen molar-refractivity contribution in [3.63, 3.8) is 0 Å². The zero-order chi connectivity index (χ0) is 22.6. The highest BCUT2D eigenvalue weighted by molar-refractivity contribution is 5.95. The van der Waals surface area contributed by atoms with E-state index in [1.165, 1.54) is 4.52 Å². The first-order chi connectivity index (χ1) is 14.7. The van der Waals surface area contributed by atoms with Crippen LogP contribution in [0.4, 0.5) is 5.95 Å². The number of hydrogen-bond acceptors (Lipinski definition) is 7. The van der Waals surface area contributed by atoms with Gasteiger partial charge in [0.1, 0.15) is 6.61 Å². The standard InChI is InChI=1S/C22H30N5O4.ClH/c1-22(2,3)17-11-15(14-30-5)10-16(12-17)18(28)13-26-20-7-6-19(31-9-8-29-4)24-27(20)21(23)25-26;/h6-7,10-12H,8-9,13-14H2,1-5H3,(H2,23,25);1H/q+1;/p-1. The molecule has 0 spiro atoms. The van der Waals surface area contributed by atoms with Crippen molar-refractivity contribution >= 4 is 17.4 Å². The van der Waals surface area contributed by atoms with E-state index in [0.29, 0.717) is 36.9 Å². The first-order valence-corrected chi connectivity index (χ1v) is 10.1. The van der Waals surface area contributed by atoms with E-state index in [1.807, 2.05) is 12.1 Å². The highest BCUT2D eigenvalue weighted by atomic mass is 35.5. The second kappa shape index (κ2) is 10.7. The molecule has 0 aliphatic heterocycles. The Morgan fingerprint density at radius 1 is 1.12 bits per heavy atom. The van der Waals surface area contributed by atoms with E-state index >= 15 is 0 Å². The van der Waals surface area contributed by atoms with Crippen LogP contribution in [0.15, 0.2) is 30.3 Å². The molecule has 0 bridgehead atoms. The summed E-state index contributed by atoms with van der Waals surface area (Å²) in [6, 6.07) is 9.36. The number of aromatic nitrogens is 4. The van der Waals surface area contributed by atoms with E-state index in [-0.39, 0.29) is 36.1 Å². The molecule has 0 aliphatic rings. The summed E-state index contributed by atoms with van der Waals surface area (Å²) in [5, 5.41) is 8.63. The van der Waals surface area contributed by atoms with Gasteiger partial charge in [-0.3, -0.25) is 4.79 Å². The molecule has 3 rings (SSSR count). The van der Waals surface area contributed by atoms with Gasteiger partial charge in [0, 0.05) is 31.9 Å². The van der Waals surface area contributed by atoms with Crippen LogP contribution in [-0.2, 0) is 28.0 Å². The molecular weight excluding hydrogens is 434 g/mol. The Kier molecular flexibility index (Phi) is 8.54. The molecular formula is C22H30ClN5O4. The van der Waals surface area contributed by atoms with Crippen molar-refractivity contribution in [3.8, 4) is 5.88 Å². The maximum absolute atomic E-state index is 13.1. The summed E-state index contributed by atoms with van der Waals surface area (Å²) in [5.74, 6) is 0.492. The topological polar surface area (TPSA) is 105 Å². The lowest BCUT2D eigenvalue weighted by atomic mass is 9.84. The Balaban J connectivity index is 0.00000363. The Morgan fingerprint density at radius 3 is 2.53 bits per heavy atom. The number of nitrogens with zero attached hydrogens (tertiary/aromatic N) is 4. The fourth-order valence-corrected chi connectivity index (χ4v) is 3.17. The molecule has 32 heavy (non-hydrogen) atoms. The van der Waals surface area contributed by atoms with Crippen LogP contribution >= 0.6 is 0 Å². The third-order valence-electron chi connectivity index (χ3n) is 4.82. The van der Waals surface area contributed by atoms with Gasteiger partial charge in [0.2, 0.25) is 5.78 Å². The van der Waals surface area contributed by atoms with Crippen LogP contribution in [0.3, 0.4) is 0 Å². The van der Waals surface area contributed by atoms with Crippen molar-refractivity contribution in [1.82, 2.24) is 14.7 Å². The summed E-state index contributed by atoms with van der Waals surface area (Å²) in [6.07, 6.45) is 0. The van der Waals surface area contributed by atoms with E-state index in [0.717, 1.165) is 11.1 Å². The van der Waals surface area contributed by atoms with Gasteiger partial charge in [-0.2, -0.15) is 0 Å². The number of Topliss-reactive ketones (excluding diaryl/α,β-unsaturated/α-hetero) is 1. The minimum absolute atomic E-state index is 0. The zero-order valence-electron chi connectivity index (χ0n) is 19.1. The number of methoxy groups -OCH3 is 2. The van der Waals surface area contributed by atoms with Crippen molar-refractivity contribution in [2.24, 2.45) is 0 Å². The molecule has 0 saturated carbocycles. The third kappa shape index (κ3) is 5.93. The van der Waals surface area contributed by atoms with E-state index in [2.05, 4.69) is 37.0 Å². The lowest BCUT2D eigenvalue weighted by molar-refractivity contribution is -0.714. The molecule has 0 unspecified atom stereocenters. The van der Waals surface area contributed by atoms with Crippen LogP contribution in [0.25, 0.3) is 5.65 Å². The van der Waals surface area contributed by atoms with Crippen LogP contribution in [-0.4, -0.2) is 47.9 Å². The number of ether oxygens (including phenoxy) is 3. The number of anilines is 1. The van der Waals surface area contributed by atoms with Crippen LogP contribution in [0.5, 0.6) is 5.88 Å². The van der Waals surface area contributed by atoms with Gasteiger partial charge in [0.15, 0.2) is 6.54 Å². The largest absolute Gasteiger partial charge is 1.00 e. The fraction of sp³-hybridized carbons (Fsp3) is 0.455. The molecule has 0 aliphatic carbocycles. The number of nitrogens with two attached hydrogens (primary N) is 1. The van der Waals surface area contributed by atoms with E-state index in [4.69, 9.17) is 19.9 Å². The number of hydrogen-bond donors (Lipinski definition) is 1. The van der Waals surface area contributed by atoms with Gasteiger partial charge in [-0.25, -0.2) is 0 Å². The maximum atomic E-state index is 13.1. The van der Waals surface area contributed by atoms with Gasteiger partial charge in [0.05, 0.1) is 13.2 Å². The molecule has 0 amide bonds. The number of benzene rings is 1. The Morgan fingerprint density at radius 2 is 1.88 bits per heavy atom. The summed E-state index contributed by atoms with van der Waals surface area (Å²) in [7, 11) is 3.24. The molecule has 10 heteroatoms. The number of ketones is 1. The second-order valence-corrected chi connectivity index (χ2v) is 8.32. The summed E-state index contributed by atoms with van der Waals surface area (Å²) < 4.78 is 18.8. The van der Waals surface area contributed by atoms with Crippen LogP contribution in [0, 0.1) is 0 Å². The lowest BCUT2D eigenvalue weighted by Crippen LogP contribution is -3.00. The van der Waals surface area contributed by atoms with E-state index < -0.39 is 0 Å². The molecule has 0 atom stereocenters. The number of rotatable bonds is 9. The maximum Gasteiger partial charge on any atom is 0.355 e. The molecule has 2 heterocycles. The normalized spacial score (nSPS) is 11.4.